The van der Waals surface area contributed by atoms with E-state index in [0.717, 1.165) is 66.1 Å². The molecule has 4 aromatic carbocycles. The van der Waals surface area contributed by atoms with Crippen molar-refractivity contribution in [2.24, 2.45) is 0 Å². The number of benzene rings is 4. The molecule has 3 aliphatic heterocycles. The number of rotatable bonds is 9. The molecule has 0 radical (unpaired) electrons. The molecule has 0 saturated carbocycles. The number of phenols is 1. The molecule has 3 amide bonds. The van der Waals surface area contributed by atoms with E-state index in [1.54, 1.807) is 17.0 Å². The summed E-state index contributed by atoms with van der Waals surface area (Å²) in [6.45, 7) is 4.79. The van der Waals surface area contributed by atoms with Crippen molar-refractivity contribution >= 4 is 46.2 Å². The van der Waals surface area contributed by atoms with Crippen molar-refractivity contribution in [1.29, 1.82) is 0 Å². The van der Waals surface area contributed by atoms with E-state index in [2.05, 4.69) is 57.6 Å². The lowest BCUT2D eigenvalue weighted by atomic mass is 9.88. The van der Waals surface area contributed by atoms with Gasteiger partial charge in [-0.05, 0) is 82.1 Å². The van der Waals surface area contributed by atoms with Crippen LogP contribution in [0.3, 0.4) is 0 Å². The lowest BCUT2D eigenvalue weighted by Gasteiger charge is -2.36. The number of carbonyl (C=O) groups excluding carboxylic acids is 3. The SMILES string of the molecule is O=C1CCC(N2Cc3cc(CN4CCN(c5ccc(C(=C(CCCl)c6ccccc6)c6ccc(O)cc6)cc5)CC4)ccc3C2=O)C(=O)N1. The third-order valence-corrected chi connectivity index (χ3v) is 10.0. The number of allylic oxidation sites excluding steroid dienone is 1. The Morgan fingerprint density at radius 2 is 1.51 bits per heavy atom. The molecule has 3 aliphatic rings. The first-order valence-electron chi connectivity index (χ1n) is 16.9. The van der Waals surface area contributed by atoms with E-state index < -0.39 is 6.04 Å². The van der Waals surface area contributed by atoms with Gasteiger partial charge in [-0.2, -0.15) is 0 Å². The lowest BCUT2D eigenvalue weighted by molar-refractivity contribution is -0.136. The van der Waals surface area contributed by atoms with Crippen molar-refractivity contribution in [2.45, 2.75) is 38.4 Å². The van der Waals surface area contributed by atoms with Crippen LogP contribution in [0.4, 0.5) is 5.69 Å². The molecule has 49 heavy (non-hydrogen) atoms. The third-order valence-electron chi connectivity index (χ3n) is 9.81. The molecule has 3 heterocycles. The minimum atomic E-state index is -0.602. The number of anilines is 1. The van der Waals surface area contributed by atoms with Crippen LogP contribution >= 0.6 is 11.6 Å². The summed E-state index contributed by atoms with van der Waals surface area (Å²) < 4.78 is 0. The van der Waals surface area contributed by atoms with Crippen LogP contribution in [-0.2, 0) is 22.7 Å². The number of piperidine rings is 1. The zero-order valence-electron chi connectivity index (χ0n) is 27.3. The summed E-state index contributed by atoms with van der Waals surface area (Å²) in [5.41, 5.74) is 9.45. The monoisotopic (exact) mass is 674 g/mol. The number of hydrogen-bond acceptors (Lipinski definition) is 6. The van der Waals surface area contributed by atoms with E-state index in [0.29, 0.717) is 30.8 Å². The average molecular weight is 675 g/mol. The molecular formula is C40H39ClN4O4. The number of halogens is 1. The number of phenolic OH excluding ortho intramolecular Hbond substituents is 1. The zero-order chi connectivity index (χ0) is 33.9. The smallest absolute Gasteiger partial charge is 0.255 e. The minimum Gasteiger partial charge on any atom is -0.508 e. The highest BCUT2D eigenvalue weighted by atomic mass is 35.5. The molecule has 0 aromatic heterocycles. The Hall–Kier alpha value is -4.92. The van der Waals surface area contributed by atoms with E-state index in [1.807, 2.05) is 42.5 Å². The van der Waals surface area contributed by atoms with Gasteiger partial charge in [0.2, 0.25) is 11.8 Å². The number of aromatic hydroxyl groups is 1. The molecule has 4 aromatic rings. The number of hydrogen-bond donors (Lipinski definition) is 2. The van der Waals surface area contributed by atoms with E-state index in [9.17, 15) is 19.5 Å². The highest BCUT2D eigenvalue weighted by molar-refractivity contribution is 6.18. The molecular weight excluding hydrogens is 636 g/mol. The lowest BCUT2D eigenvalue weighted by Crippen LogP contribution is -2.52. The summed E-state index contributed by atoms with van der Waals surface area (Å²) >= 11 is 6.33. The first kappa shape index (κ1) is 32.6. The maximum absolute atomic E-state index is 13.1. The fraction of sp³-hybridized carbons (Fsp3) is 0.275. The Kier molecular flexibility index (Phi) is 9.51. The van der Waals surface area contributed by atoms with Crippen molar-refractivity contribution in [3.8, 4) is 5.75 Å². The predicted molar refractivity (Wildman–Crippen MR) is 192 cm³/mol. The van der Waals surface area contributed by atoms with Crippen molar-refractivity contribution in [3.63, 3.8) is 0 Å². The van der Waals surface area contributed by atoms with Crippen molar-refractivity contribution in [3.05, 3.63) is 130 Å². The van der Waals surface area contributed by atoms with E-state index in [-0.39, 0.29) is 29.9 Å². The Labute approximate surface area is 291 Å². The number of alkyl halides is 1. The van der Waals surface area contributed by atoms with Gasteiger partial charge in [-0.15, -0.1) is 11.6 Å². The number of nitrogens with zero attached hydrogens (tertiary/aromatic N) is 3. The second-order valence-corrected chi connectivity index (χ2v) is 13.3. The summed E-state index contributed by atoms with van der Waals surface area (Å²) in [5, 5.41) is 12.4. The number of carbonyl (C=O) groups is 3. The molecule has 2 saturated heterocycles. The summed E-state index contributed by atoms with van der Waals surface area (Å²) in [5.74, 6) is -0.0751. The van der Waals surface area contributed by atoms with E-state index in [1.165, 1.54) is 11.3 Å². The van der Waals surface area contributed by atoms with Crippen molar-refractivity contribution in [2.75, 3.05) is 37.0 Å². The molecule has 1 unspecified atom stereocenters. The Balaban J connectivity index is 1.02. The Morgan fingerprint density at radius 3 is 2.18 bits per heavy atom. The van der Waals surface area contributed by atoms with Gasteiger partial charge in [-0.3, -0.25) is 24.6 Å². The number of amides is 3. The fourth-order valence-electron chi connectivity index (χ4n) is 7.28. The van der Waals surface area contributed by atoms with Crippen LogP contribution in [0.2, 0.25) is 0 Å². The summed E-state index contributed by atoms with van der Waals surface area (Å²) in [4.78, 5) is 43.6. The second kappa shape index (κ2) is 14.3. The summed E-state index contributed by atoms with van der Waals surface area (Å²) in [6, 6.07) is 31.9. The molecule has 0 spiro atoms. The van der Waals surface area contributed by atoms with Crippen molar-refractivity contribution in [1.82, 2.24) is 15.1 Å². The van der Waals surface area contributed by atoms with Gasteiger partial charge < -0.3 is 14.9 Å². The van der Waals surface area contributed by atoms with Crippen LogP contribution in [0.15, 0.2) is 97.1 Å². The van der Waals surface area contributed by atoms with Crippen molar-refractivity contribution < 1.29 is 19.5 Å². The van der Waals surface area contributed by atoms with Crippen LogP contribution in [0.25, 0.3) is 11.1 Å². The number of piperazine rings is 1. The summed E-state index contributed by atoms with van der Waals surface area (Å²) in [7, 11) is 0. The number of imide groups is 1. The van der Waals surface area contributed by atoms with Gasteiger partial charge in [0.05, 0.1) is 0 Å². The molecule has 2 fully saturated rings. The van der Waals surface area contributed by atoms with Crippen LogP contribution < -0.4 is 10.2 Å². The summed E-state index contributed by atoms with van der Waals surface area (Å²) in [6.07, 6.45) is 1.33. The quantitative estimate of drug-likeness (QED) is 0.127. The fourth-order valence-corrected chi connectivity index (χ4v) is 7.47. The molecule has 1 atom stereocenters. The van der Waals surface area contributed by atoms with Gasteiger partial charge in [-0.25, -0.2) is 0 Å². The van der Waals surface area contributed by atoms with Crippen LogP contribution in [0.5, 0.6) is 5.75 Å². The van der Waals surface area contributed by atoms with Crippen LogP contribution in [0.1, 0.15) is 57.4 Å². The van der Waals surface area contributed by atoms with Gasteiger partial charge in [0.25, 0.3) is 5.91 Å². The molecule has 8 nitrogen and oxygen atoms in total. The first-order chi connectivity index (χ1) is 23.9. The number of fused-ring (bicyclic) bond motifs is 1. The molecule has 250 valence electrons. The normalized spacial score (nSPS) is 18.7. The zero-order valence-corrected chi connectivity index (χ0v) is 28.0. The third kappa shape index (κ3) is 6.98. The van der Waals surface area contributed by atoms with Gasteiger partial charge in [0.15, 0.2) is 0 Å². The number of nitrogens with one attached hydrogen (secondary N) is 1. The Morgan fingerprint density at radius 1 is 0.816 bits per heavy atom. The molecule has 0 aliphatic carbocycles. The highest BCUT2D eigenvalue weighted by Crippen LogP contribution is 2.36. The molecule has 0 bridgehead atoms. The topological polar surface area (TPSA) is 93.2 Å². The van der Waals surface area contributed by atoms with E-state index >= 15 is 0 Å². The maximum atomic E-state index is 13.1. The maximum Gasteiger partial charge on any atom is 0.255 e. The van der Waals surface area contributed by atoms with Crippen LogP contribution in [-0.4, -0.2) is 70.7 Å². The van der Waals surface area contributed by atoms with Crippen LogP contribution in [0, 0.1) is 0 Å². The standard InChI is InChI=1S/C40H39ClN4O4/c41-19-18-34(28-4-2-1-3-5-28)38(30-9-13-33(46)14-10-30)29-7-11-32(12-8-29)44-22-20-43(21-23-44)25-27-6-15-35-31(24-27)26-45(40(35)49)36-16-17-37(47)42-39(36)48/h1-15,24,36,46H,16-23,25-26H2,(H,42,47,48). The van der Waals surface area contributed by atoms with Gasteiger partial charge >= 0.3 is 0 Å². The minimum absolute atomic E-state index is 0.142. The van der Waals surface area contributed by atoms with Gasteiger partial charge in [-0.1, -0.05) is 66.7 Å². The van der Waals surface area contributed by atoms with Gasteiger partial charge in [0.1, 0.15) is 11.8 Å². The first-order valence-corrected chi connectivity index (χ1v) is 17.4. The van der Waals surface area contributed by atoms with E-state index in [4.69, 9.17) is 11.6 Å². The van der Waals surface area contributed by atoms with Gasteiger partial charge in [0, 0.05) is 62.8 Å². The largest absolute Gasteiger partial charge is 0.508 e. The molecule has 9 heteroatoms. The average Bonchev–Trinajstić information content (AvgIpc) is 3.44. The molecule has 2 N–H and O–H groups in total. The molecule has 7 rings (SSSR count). The predicted octanol–water partition coefficient (Wildman–Crippen LogP) is 6.06. The highest BCUT2D eigenvalue weighted by Gasteiger charge is 2.39. The Bertz CT molecular complexity index is 1880. The second-order valence-electron chi connectivity index (χ2n) is 12.9.